The molecule has 2 nitrogen and oxygen atoms in total. The smallest absolute Gasteiger partial charge is 0.0915 e. The van der Waals surface area contributed by atoms with E-state index in [1.807, 2.05) is 6.07 Å². The summed E-state index contributed by atoms with van der Waals surface area (Å²) in [5, 5.41) is 14.7. The number of benzene rings is 1. The van der Waals surface area contributed by atoms with Crippen LogP contribution in [0.4, 0.5) is 0 Å². The van der Waals surface area contributed by atoms with E-state index < -0.39 is 6.10 Å². The summed E-state index contributed by atoms with van der Waals surface area (Å²) in [6.45, 7) is 0.572. The number of rotatable bonds is 4. The van der Waals surface area contributed by atoms with E-state index >= 15 is 0 Å². The quantitative estimate of drug-likeness (QED) is 0.776. The van der Waals surface area contributed by atoms with Gasteiger partial charge in [-0.2, -0.15) is 0 Å². The van der Waals surface area contributed by atoms with Gasteiger partial charge < -0.3 is 10.4 Å². The van der Waals surface area contributed by atoms with E-state index in [0.29, 0.717) is 22.6 Å². The van der Waals surface area contributed by atoms with Gasteiger partial charge in [-0.25, -0.2) is 0 Å². The minimum atomic E-state index is -0.530. The Kier molecular flexibility index (Phi) is 8.23. The lowest BCUT2D eigenvalue weighted by molar-refractivity contribution is 0.168. The Morgan fingerprint density at radius 2 is 1.75 bits per heavy atom. The molecule has 0 saturated heterocycles. The van der Waals surface area contributed by atoms with Gasteiger partial charge in [0.2, 0.25) is 0 Å². The Hall–Kier alpha value is 0.01000. The fraction of sp³-hybridized carbons (Fsp3) is 0.600. The van der Waals surface area contributed by atoms with Gasteiger partial charge >= 0.3 is 0 Å². The Labute approximate surface area is 137 Å². The van der Waals surface area contributed by atoms with Crippen LogP contribution in [0.1, 0.15) is 50.2 Å². The number of aliphatic hydroxyl groups is 1. The predicted molar refractivity (Wildman–Crippen MR) is 88.2 cm³/mol. The van der Waals surface area contributed by atoms with Crippen LogP contribution in [0.15, 0.2) is 18.2 Å². The molecule has 2 N–H and O–H groups in total. The molecule has 1 unspecified atom stereocenters. The van der Waals surface area contributed by atoms with Crippen molar-refractivity contribution in [2.45, 2.75) is 50.7 Å². The predicted octanol–water partition coefficient (Wildman–Crippen LogP) is 4.76. The third kappa shape index (κ3) is 5.42. The van der Waals surface area contributed by atoms with E-state index in [1.54, 1.807) is 12.1 Å². The zero-order chi connectivity index (χ0) is 13.7. The first-order valence-electron chi connectivity index (χ1n) is 7.03. The highest BCUT2D eigenvalue weighted by molar-refractivity contribution is 6.42. The molecular formula is C15H22Cl3NO. The molecule has 1 aliphatic rings. The highest BCUT2D eigenvalue weighted by Crippen LogP contribution is 2.25. The van der Waals surface area contributed by atoms with Crippen LogP contribution < -0.4 is 5.32 Å². The van der Waals surface area contributed by atoms with E-state index in [1.165, 1.54) is 38.5 Å². The molecule has 1 fully saturated rings. The largest absolute Gasteiger partial charge is 0.387 e. The third-order valence-electron chi connectivity index (χ3n) is 3.78. The minimum Gasteiger partial charge on any atom is -0.387 e. The molecule has 1 atom stereocenters. The minimum absolute atomic E-state index is 0. The van der Waals surface area contributed by atoms with Gasteiger partial charge in [-0.15, -0.1) is 12.4 Å². The Morgan fingerprint density at radius 3 is 2.35 bits per heavy atom. The van der Waals surface area contributed by atoms with Crippen LogP contribution >= 0.6 is 35.6 Å². The standard InChI is InChI=1S/C15H21Cl2NO.ClH/c16-13-8-7-11(9-14(13)17)15(19)10-18-12-5-3-1-2-4-6-12;/h7-9,12,15,18-19H,1-6,10H2;1H. The molecule has 2 rings (SSSR count). The first kappa shape index (κ1) is 18.1. The van der Waals surface area contributed by atoms with Gasteiger partial charge in [0.1, 0.15) is 0 Å². The van der Waals surface area contributed by atoms with Gasteiger partial charge in [0.05, 0.1) is 16.1 Å². The average molecular weight is 339 g/mol. The van der Waals surface area contributed by atoms with Crippen LogP contribution in [-0.2, 0) is 0 Å². The van der Waals surface area contributed by atoms with Crippen molar-refractivity contribution in [1.82, 2.24) is 5.32 Å². The first-order chi connectivity index (χ1) is 9.16. The van der Waals surface area contributed by atoms with Gasteiger partial charge in [-0.3, -0.25) is 0 Å². The fourth-order valence-electron chi connectivity index (χ4n) is 2.60. The van der Waals surface area contributed by atoms with E-state index in [9.17, 15) is 5.11 Å². The molecule has 1 aliphatic carbocycles. The Balaban J connectivity index is 0.00000200. The summed E-state index contributed by atoms with van der Waals surface area (Å²) >= 11 is 11.8. The summed E-state index contributed by atoms with van der Waals surface area (Å²) < 4.78 is 0. The molecule has 114 valence electrons. The molecule has 20 heavy (non-hydrogen) atoms. The fourth-order valence-corrected chi connectivity index (χ4v) is 2.91. The molecule has 1 saturated carbocycles. The lowest BCUT2D eigenvalue weighted by atomic mass is 10.1. The van der Waals surface area contributed by atoms with Crippen LogP contribution in [0.25, 0.3) is 0 Å². The average Bonchev–Trinajstić information content (AvgIpc) is 2.67. The first-order valence-corrected chi connectivity index (χ1v) is 7.79. The second kappa shape index (κ2) is 9.11. The lowest BCUT2D eigenvalue weighted by Crippen LogP contribution is -2.32. The summed E-state index contributed by atoms with van der Waals surface area (Å²) in [7, 11) is 0. The van der Waals surface area contributed by atoms with Gasteiger partial charge in [0.15, 0.2) is 0 Å². The van der Waals surface area contributed by atoms with Crippen molar-refractivity contribution in [3.05, 3.63) is 33.8 Å². The van der Waals surface area contributed by atoms with Crippen molar-refractivity contribution in [2.24, 2.45) is 0 Å². The highest BCUT2D eigenvalue weighted by atomic mass is 35.5. The number of hydrogen-bond acceptors (Lipinski definition) is 2. The lowest BCUT2D eigenvalue weighted by Gasteiger charge is -2.19. The SMILES string of the molecule is Cl.OC(CNC1CCCCCC1)c1ccc(Cl)c(Cl)c1. The van der Waals surface area contributed by atoms with Gasteiger partial charge in [-0.1, -0.05) is 55.0 Å². The third-order valence-corrected chi connectivity index (χ3v) is 4.52. The summed E-state index contributed by atoms with van der Waals surface area (Å²) in [5.74, 6) is 0. The van der Waals surface area contributed by atoms with Crippen LogP contribution in [0.2, 0.25) is 10.0 Å². The molecule has 0 amide bonds. The monoisotopic (exact) mass is 337 g/mol. The second-order valence-electron chi connectivity index (χ2n) is 5.29. The number of nitrogens with one attached hydrogen (secondary N) is 1. The topological polar surface area (TPSA) is 32.3 Å². The van der Waals surface area contributed by atoms with E-state index in [-0.39, 0.29) is 12.4 Å². The van der Waals surface area contributed by atoms with Crippen molar-refractivity contribution in [2.75, 3.05) is 6.54 Å². The Morgan fingerprint density at radius 1 is 1.10 bits per heavy atom. The molecule has 5 heteroatoms. The molecule has 0 radical (unpaired) electrons. The van der Waals surface area contributed by atoms with Gasteiger partial charge in [-0.05, 0) is 30.5 Å². The second-order valence-corrected chi connectivity index (χ2v) is 6.10. The Bertz CT molecular complexity index is 406. The molecule has 1 aromatic rings. The van der Waals surface area contributed by atoms with E-state index in [4.69, 9.17) is 23.2 Å². The van der Waals surface area contributed by atoms with Crippen molar-refractivity contribution in [3.63, 3.8) is 0 Å². The van der Waals surface area contributed by atoms with Crippen LogP contribution in [0.3, 0.4) is 0 Å². The van der Waals surface area contributed by atoms with Gasteiger partial charge in [0, 0.05) is 12.6 Å². The van der Waals surface area contributed by atoms with E-state index in [2.05, 4.69) is 5.32 Å². The van der Waals surface area contributed by atoms with Crippen molar-refractivity contribution >= 4 is 35.6 Å². The summed E-state index contributed by atoms with van der Waals surface area (Å²) in [6, 6.07) is 5.84. The molecule has 0 bridgehead atoms. The number of halogens is 3. The number of aliphatic hydroxyl groups excluding tert-OH is 1. The molecule has 0 heterocycles. The summed E-state index contributed by atoms with van der Waals surface area (Å²) in [6.07, 6.45) is 7.17. The maximum absolute atomic E-state index is 10.2. The molecule has 0 aliphatic heterocycles. The van der Waals surface area contributed by atoms with Crippen LogP contribution in [0.5, 0.6) is 0 Å². The normalized spacial score (nSPS) is 18.1. The van der Waals surface area contributed by atoms with E-state index in [0.717, 1.165) is 5.56 Å². The number of hydrogen-bond donors (Lipinski definition) is 2. The van der Waals surface area contributed by atoms with Crippen LogP contribution in [-0.4, -0.2) is 17.7 Å². The van der Waals surface area contributed by atoms with Gasteiger partial charge in [0.25, 0.3) is 0 Å². The van der Waals surface area contributed by atoms with Crippen LogP contribution in [0, 0.1) is 0 Å². The zero-order valence-electron chi connectivity index (χ0n) is 11.4. The van der Waals surface area contributed by atoms with Crippen molar-refractivity contribution in [3.8, 4) is 0 Å². The van der Waals surface area contributed by atoms with Crippen molar-refractivity contribution in [1.29, 1.82) is 0 Å². The highest BCUT2D eigenvalue weighted by Gasteiger charge is 2.14. The summed E-state index contributed by atoms with van der Waals surface area (Å²) in [4.78, 5) is 0. The molecule has 1 aromatic carbocycles. The maximum Gasteiger partial charge on any atom is 0.0915 e. The maximum atomic E-state index is 10.2. The van der Waals surface area contributed by atoms with Crippen molar-refractivity contribution < 1.29 is 5.11 Å². The molecule has 0 spiro atoms. The molecule has 0 aromatic heterocycles. The summed E-state index contributed by atoms with van der Waals surface area (Å²) in [5.41, 5.74) is 0.815. The zero-order valence-corrected chi connectivity index (χ0v) is 13.8. The molecular weight excluding hydrogens is 317 g/mol.